The second-order valence-electron chi connectivity index (χ2n) is 5.08. The first-order chi connectivity index (χ1) is 10.6. The summed E-state index contributed by atoms with van der Waals surface area (Å²) in [4.78, 5) is 30.4. The number of carbonyl (C=O) groups excluding carboxylic acids is 2. The molecule has 0 aromatic carbocycles. The normalized spacial score (nSPS) is 11.7. The van der Waals surface area contributed by atoms with Gasteiger partial charge in [0.2, 0.25) is 11.8 Å². The van der Waals surface area contributed by atoms with Crippen molar-refractivity contribution < 1.29 is 9.59 Å². The third-order valence-electron chi connectivity index (χ3n) is 3.21. The third kappa shape index (κ3) is 4.66. The lowest BCUT2D eigenvalue weighted by Gasteiger charge is -2.21. The molecule has 0 aliphatic heterocycles. The van der Waals surface area contributed by atoms with Crippen molar-refractivity contribution in [2.75, 3.05) is 7.05 Å². The Kier molecular flexibility index (Phi) is 5.66. The van der Waals surface area contributed by atoms with Crippen LogP contribution in [0, 0.1) is 0 Å². The van der Waals surface area contributed by atoms with Gasteiger partial charge < -0.3 is 10.2 Å². The molecule has 2 aromatic heterocycles. The number of carbonyl (C=O) groups is 2. The molecule has 0 fully saturated rings. The van der Waals surface area contributed by atoms with Crippen molar-refractivity contribution in [2.45, 2.75) is 25.9 Å². The summed E-state index contributed by atoms with van der Waals surface area (Å²) in [5.41, 5.74) is 0.977. The lowest BCUT2D eigenvalue weighted by Crippen LogP contribution is -2.33. The van der Waals surface area contributed by atoms with Gasteiger partial charge in [-0.2, -0.15) is 0 Å². The molecule has 0 radical (unpaired) electrons. The summed E-state index contributed by atoms with van der Waals surface area (Å²) in [7, 11) is 1.76. The second-order valence-corrected chi connectivity index (χ2v) is 6.06. The first-order valence-electron chi connectivity index (χ1n) is 6.99. The average Bonchev–Trinajstić information content (AvgIpc) is 3.01. The standard InChI is InChI=1S/C16H19N3O2S/c1-12(20)18-14(15-6-4-8-22-15)9-16(21)19(2)11-13-5-3-7-17-10-13/h3-8,10,14H,9,11H2,1-2H3,(H,18,20)/t14-/m0/s1. The Labute approximate surface area is 134 Å². The minimum absolute atomic E-state index is 0.0176. The summed E-state index contributed by atoms with van der Waals surface area (Å²) in [5.74, 6) is -0.155. The van der Waals surface area contributed by atoms with Crippen LogP contribution in [0.2, 0.25) is 0 Å². The Morgan fingerprint density at radius 3 is 2.77 bits per heavy atom. The van der Waals surface area contributed by atoms with Crippen LogP contribution in [0.15, 0.2) is 42.0 Å². The summed E-state index contributed by atoms with van der Waals surface area (Å²) in [6, 6.07) is 7.35. The fraction of sp³-hybridized carbons (Fsp3) is 0.312. The Morgan fingerprint density at radius 2 is 2.18 bits per heavy atom. The summed E-state index contributed by atoms with van der Waals surface area (Å²) < 4.78 is 0. The van der Waals surface area contributed by atoms with Gasteiger partial charge in [0.15, 0.2) is 0 Å². The predicted molar refractivity (Wildman–Crippen MR) is 86.2 cm³/mol. The lowest BCUT2D eigenvalue weighted by atomic mass is 10.1. The number of hydrogen-bond donors (Lipinski definition) is 1. The van der Waals surface area contributed by atoms with Crippen LogP contribution < -0.4 is 5.32 Å². The molecule has 0 unspecified atom stereocenters. The molecule has 2 rings (SSSR count). The molecule has 22 heavy (non-hydrogen) atoms. The van der Waals surface area contributed by atoms with E-state index in [9.17, 15) is 9.59 Å². The second kappa shape index (κ2) is 7.70. The molecule has 2 heterocycles. The van der Waals surface area contributed by atoms with E-state index in [2.05, 4.69) is 10.3 Å². The average molecular weight is 317 g/mol. The molecule has 1 N–H and O–H groups in total. The van der Waals surface area contributed by atoms with Crippen LogP contribution in [0.5, 0.6) is 0 Å². The highest BCUT2D eigenvalue weighted by Gasteiger charge is 2.20. The van der Waals surface area contributed by atoms with Crippen molar-refractivity contribution in [3.05, 3.63) is 52.5 Å². The van der Waals surface area contributed by atoms with Gasteiger partial charge in [-0.15, -0.1) is 11.3 Å². The molecular weight excluding hydrogens is 298 g/mol. The van der Waals surface area contributed by atoms with E-state index in [1.54, 1.807) is 24.3 Å². The van der Waals surface area contributed by atoms with Crippen LogP contribution in [0.4, 0.5) is 0 Å². The number of nitrogens with one attached hydrogen (secondary N) is 1. The molecule has 0 spiro atoms. The van der Waals surface area contributed by atoms with Crippen LogP contribution in [0.3, 0.4) is 0 Å². The number of rotatable bonds is 6. The van der Waals surface area contributed by atoms with E-state index >= 15 is 0 Å². The maximum Gasteiger partial charge on any atom is 0.225 e. The third-order valence-corrected chi connectivity index (χ3v) is 4.20. The van der Waals surface area contributed by atoms with Gasteiger partial charge in [0.05, 0.1) is 12.5 Å². The Morgan fingerprint density at radius 1 is 1.36 bits per heavy atom. The van der Waals surface area contributed by atoms with Crippen LogP contribution in [0.1, 0.15) is 29.8 Å². The smallest absolute Gasteiger partial charge is 0.225 e. The van der Waals surface area contributed by atoms with Crippen molar-refractivity contribution in [1.29, 1.82) is 0 Å². The number of nitrogens with zero attached hydrogens (tertiary/aromatic N) is 2. The van der Waals surface area contributed by atoms with Gasteiger partial charge in [0.1, 0.15) is 0 Å². The highest BCUT2D eigenvalue weighted by Crippen LogP contribution is 2.23. The van der Waals surface area contributed by atoms with E-state index in [4.69, 9.17) is 0 Å². The van der Waals surface area contributed by atoms with Crippen molar-refractivity contribution in [3.8, 4) is 0 Å². The Hall–Kier alpha value is -2.21. The zero-order valence-electron chi connectivity index (χ0n) is 12.7. The monoisotopic (exact) mass is 317 g/mol. The molecule has 2 amide bonds. The molecule has 0 saturated carbocycles. The van der Waals surface area contributed by atoms with Crippen molar-refractivity contribution in [3.63, 3.8) is 0 Å². The number of hydrogen-bond acceptors (Lipinski definition) is 4. The van der Waals surface area contributed by atoms with Gasteiger partial charge in [-0.3, -0.25) is 14.6 Å². The fourth-order valence-corrected chi connectivity index (χ4v) is 2.92. The quantitative estimate of drug-likeness (QED) is 0.889. The zero-order valence-corrected chi connectivity index (χ0v) is 13.5. The molecule has 0 bridgehead atoms. The highest BCUT2D eigenvalue weighted by molar-refractivity contribution is 7.10. The zero-order chi connectivity index (χ0) is 15.9. The van der Waals surface area contributed by atoms with Crippen LogP contribution in [0.25, 0.3) is 0 Å². The Balaban J connectivity index is 1.99. The Bertz CT molecular complexity index is 614. The largest absolute Gasteiger partial charge is 0.348 e. The first-order valence-corrected chi connectivity index (χ1v) is 7.87. The lowest BCUT2D eigenvalue weighted by molar-refractivity contribution is -0.131. The SMILES string of the molecule is CC(=O)N[C@@H](CC(=O)N(C)Cc1cccnc1)c1cccs1. The summed E-state index contributed by atoms with van der Waals surface area (Å²) in [6.45, 7) is 1.97. The fourth-order valence-electron chi connectivity index (χ4n) is 2.14. The van der Waals surface area contributed by atoms with Gasteiger partial charge in [0, 0.05) is 37.8 Å². The van der Waals surface area contributed by atoms with Crippen molar-refractivity contribution in [2.24, 2.45) is 0 Å². The molecular formula is C16H19N3O2S. The number of amides is 2. The molecule has 2 aromatic rings. The van der Waals surface area contributed by atoms with E-state index in [1.807, 2.05) is 29.6 Å². The van der Waals surface area contributed by atoms with Gasteiger partial charge in [-0.05, 0) is 23.1 Å². The van der Waals surface area contributed by atoms with Crippen molar-refractivity contribution >= 4 is 23.2 Å². The maximum atomic E-state index is 12.4. The summed E-state index contributed by atoms with van der Waals surface area (Å²) in [6.07, 6.45) is 3.69. The van der Waals surface area contributed by atoms with E-state index < -0.39 is 0 Å². The molecule has 5 nitrogen and oxygen atoms in total. The van der Waals surface area contributed by atoms with E-state index in [0.29, 0.717) is 6.54 Å². The molecule has 0 saturated heterocycles. The van der Waals surface area contributed by atoms with Crippen LogP contribution in [-0.4, -0.2) is 28.7 Å². The minimum Gasteiger partial charge on any atom is -0.348 e. The van der Waals surface area contributed by atoms with E-state index in [0.717, 1.165) is 10.4 Å². The van der Waals surface area contributed by atoms with E-state index in [-0.39, 0.29) is 24.3 Å². The van der Waals surface area contributed by atoms with Gasteiger partial charge in [-0.25, -0.2) is 0 Å². The number of aromatic nitrogens is 1. The van der Waals surface area contributed by atoms with Crippen molar-refractivity contribution in [1.82, 2.24) is 15.2 Å². The van der Waals surface area contributed by atoms with E-state index in [1.165, 1.54) is 18.3 Å². The van der Waals surface area contributed by atoms with Crippen LogP contribution >= 0.6 is 11.3 Å². The highest BCUT2D eigenvalue weighted by atomic mass is 32.1. The van der Waals surface area contributed by atoms with Gasteiger partial charge >= 0.3 is 0 Å². The molecule has 0 aliphatic rings. The summed E-state index contributed by atoms with van der Waals surface area (Å²) >= 11 is 1.54. The molecule has 116 valence electrons. The topological polar surface area (TPSA) is 62.3 Å². The minimum atomic E-state index is -0.277. The molecule has 6 heteroatoms. The first kappa shape index (κ1) is 16.2. The van der Waals surface area contributed by atoms with Gasteiger partial charge in [-0.1, -0.05) is 12.1 Å². The molecule has 0 aliphatic carbocycles. The molecule has 1 atom stereocenters. The number of pyridine rings is 1. The summed E-state index contributed by atoms with van der Waals surface area (Å²) in [5, 5.41) is 4.78. The predicted octanol–water partition coefficient (Wildman–Crippen LogP) is 2.37. The number of thiophene rings is 1. The van der Waals surface area contributed by atoms with Crippen LogP contribution in [-0.2, 0) is 16.1 Å². The van der Waals surface area contributed by atoms with Gasteiger partial charge in [0.25, 0.3) is 0 Å². The maximum absolute atomic E-state index is 12.4.